The van der Waals surface area contributed by atoms with Crippen LogP contribution in [-0.4, -0.2) is 18.9 Å². The Morgan fingerprint density at radius 2 is 1.77 bits per heavy atom. The summed E-state index contributed by atoms with van der Waals surface area (Å²) >= 11 is 0. The Hall–Kier alpha value is -2.29. The largest absolute Gasteiger partial charge is 0.494 e. The van der Waals surface area contributed by atoms with Gasteiger partial charge in [0, 0.05) is 0 Å². The first-order valence-corrected chi connectivity index (χ1v) is 11.4. The predicted octanol–water partition coefficient (Wildman–Crippen LogP) is 7.49. The number of hydrogen-bond donors (Lipinski definition) is 0. The zero-order valence-electron chi connectivity index (χ0n) is 19.3. The van der Waals surface area contributed by atoms with Gasteiger partial charge in [-0.2, -0.15) is 0 Å². The average Bonchev–Trinajstić information content (AvgIpc) is 2.85. The van der Waals surface area contributed by atoms with Crippen LogP contribution >= 0.6 is 0 Å². The number of hydrogen-bond acceptors (Lipinski definition) is 3. The molecule has 2 aromatic rings. The van der Waals surface area contributed by atoms with E-state index in [1.54, 1.807) is 0 Å². The van der Waals surface area contributed by atoms with Gasteiger partial charge in [-0.15, -0.1) is 0 Å². The zero-order chi connectivity index (χ0) is 21.5. The molecule has 0 aliphatic carbocycles. The van der Waals surface area contributed by atoms with Crippen molar-refractivity contribution in [3.05, 3.63) is 53.6 Å². The molecule has 0 spiro atoms. The maximum atomic E-state index is 6.06. The summed E-state index contributed by atoms with van der Waals surface area (Å²) in [7, 11) is 0. The van der Waals surface area contributed by atoms with Gasteiger partial charge >= 0.3 is 0 Å². The molecule has 0 N–H and O–H groups in total. The monoisotopic (exact) mass is 407 g/mol. The van der Waals surface area contributed by atoms with Crippen molar-refractivity contribution in [1.82, 2.24) is 0 Å². The van der Waals surface area contributed by atoms with Gasteiger partial charge in [0.05, 0.1) is 18.0 Å². The second-order valence-corrected chi connectivity index (χ2v) is 9.40. The van der Waals surface area contributed by atoms with E-state index in [0.717, 1.165) is 48.8 Å². The second kappa shape index (κ2) is 10.7. The van der Waals surface area contributed by atoms with Crippen LogP contribution in [0.15, 0.2) is 47.5 Å². The van der Waals surface area contributed by atoms with Gasteiger partial charge in [-0.25, -0.2) is 0 Å². The first-order valence-electron chi connectivity index (χ1n) is 11.4. The number of rotatable bonds is 9. The van der Waals surface area contributed by atoms with Crippen molar-refractivity contribution in [3.8, 4) is 11.5 Å². The molecule has 3 heteroatoms. The van der Waals surface area contributed by atoms with Crippen molar-refractivity contribution >= 4 is 11.4 Å². The fourth-order valence-electron chi connectivity index (χ4n) is 3.98. The highest BCUT2D eigenvalue weighted by Gasteiger charge is 2.22. The number of ether oxygens (including phenoxy) is 2. The fourth-order valence-corrected chi connectivity index (χ4v) is 3.98. The minimum atomic E-state index is 0.508. The van der Waals surface area contributed by atoms with Gasteiger partial charge in [-0.3, -0.25) is 4.99 Å². The number of aryl methyl sites for hydroxylation is 1. The topological polar surface area (TPSA) is 30.8 Å². The van der Waals surface area contributed by atoms with Crippen LogP contribution in [0.3, 0.4) is 0 Å². The van der Waals surface area contributed by atoms with Gasteiger partial charge in [0.1, 0.15) is 18.1 Å². The second-order valence-electron chi connectivity index (χ2n) is 9.40. The van der Waals surface area contributed by atoms with Crippen molar-refractivity contribution in [1.29, 1.82) is 0 Å². The molecule has 0 aromatic heterocycles. The lowest BCUT2D eigenvalue weighted by Gasteiger charge is -2.20. The van der Waals surface area contributed by atoms with Crippen LogP contribution in [0.5, 0.6) is 11.5 Å². The van der Waals surface area contributed by atoms with Gasteiger partial charge in [0.2, 0.25) is 0 Å². The summed E-state index contributed by atoms with van der Waals surface area (Å²) < 4.78 is 12.1. The third kappa shape index (κ3) is 6.62. The molecule has 0 radical (unpaired) electrons. The zero-order valence-corrected chi connectivity index (χ0v) is 19.3. The summed E-state index contributed by atoms with van der Waals surface area (Å²) in [5.41, 5.74) is 4.74. The summed E-state index contributed by atoms with van der Waals surface area (Å²) in [6.07, 6.45) is 4.33. The van der Waals surface area contributed by atoms with Crippen molar-refractivity contribution in [2.24, 2.45) is 16.8 Å². The van der Waals surface area contributed by atoms with Crippen molar-refractivity contribution in [3.63, 3.8) is 0 Å². The molecule has 1 atom stereocenters. The van der Waals surface area contributed by atoms with Gasteiger partial charge in [-0.1, -0.05) is 39.8 Å². The molecular weight excluding hydrogens is 370 g/mol. The molecule has 3 rings (SSSR count). The molecule has 1 unspecified atom stereocenters. The summed E-state index contributed by atoms with van der Waals surface area (Å²) in [6.45, 7) is 12.5. The Balaban J connectivity index is 1.77. The van der Waals surface area contributed by atoms with E-state index in [4.69, 9.17) is 14.5 Å². The smallest absolute Gasteiger partial charge is 0.126 e. The highest BCUT2D eigenvalue weighted by molar-refractivity contribution is 5.89. The van der Waals surface area contributed by atoms with Crippen LogP contribution in [0.25, 0.3) is 0 Å². The first kappa shape index (κ1) is 22.4. The van der Waals surface area contributed by atoms with E-state index in [0.29, 0.717) is 24.4 Å². The highest BCUT2D eigenvalue weighted by Crippen LogP contribution is 2.39. The third-order valence-corrected chi connectivity index (χ3v) is 5.61. The number of aliphatic imine (C=N–C) groups is 1. The van der Waals surface area contributed by atoms with E-state index in [1.807, 2.05) is 12.1 Å². The molecule has 0 saturated heterocycles. The Morgan fingerprint density at radius 3 is 2.50 bits per heavy atom. The molecule has 0 fully saturated rings. The van der Waals surface area contributed by atoms with Gasteiger partial charge in [0.15, 0.2) is 0 Å². The van der Waals surface area contributed by atoms with E-state index in [2.05, 4.69) is 65.0 Å². The normalized spacial score (nSPS) is 16.2. The molecule has 2 aromatic carbocycles. The number of nitrogens with zero attached hydrogens (tertiary/aromatic N) is 1. The van der Waals surface area contributed by atoms with Crippen LogP contribution in [0.2, 0.25) is 0 Å². The molecule has 0 amide bonds. The quantitative estimate of drug-likeness (QED) is 0.431. The minimum absolute atomic E-state index is 0.508. The maximum Gasteiger partial charge on any atom is 0.126 e. The molecule has 0 saturated carbocycles. The lowest BCUT2D eigenvalue weighted by atomic mass is 9.86. The number of benzene rings is 2. The standard InChI is InChI=1S/C27H37NO2/c1-19(2)13-14-29-25-11-12-27-26(17-25)22(15-20(3)4)9-10-23(28-27)18-30-24-8-6-7-21(5)16-24/h6-8,11-12,16-17,19-20,22H,9-10,13-15,18H2,1-5H3. The van der Waals surface area contributed by atoms with Crippen molar-refractivity contribution in [2.75, 3.05) is 13.2 Å². The summed E-state index contributed by atoms with van der Waals surface area (Å²) in [5.74, 6) is 3.69. The van der Waals surface area contributed by atoms with Crippen LogP contribution in [-0.2, 0) is 0 Å². The van der Waals surface area contributed by atoms with Crippen LogP contribution in [0.1, 0.15) is 70.4 Å². The molecule has 1 aliphatic heterocycles. The Morgan fingerprint density at radius 1 is 0.967 bits per heavy atom. The Bertz CT molecular complexity index is 854. The average molecular weight is 408 g/mol. The highest BCUT2D eigenvalue weighted by atomic mass is 16.5. The minimum Gasteiger partial charge on any atom is -0.494 e. The number of fused-ring (bicyclic) bond motifs is 1. The van der Waals surface area contributed by atoms with Gasteiger partial charge in [-0.05, 0) is 91.8 Å². The molecular formula is C27H37NO2. The van der Waals surface area contributed by atoms with Crippen LogP contribution in [0, 0.1) is 18.8 Å². The maximum absolute atomic E-state index is 6.06. The molecule has 30 heavy (non-hydrogen) atoms. The van der Waals surface area contributed by atoms with Crippen molar-refractivity contribution in [2.45, 2.75) is 66.2 Å². The lowest BCUT2D eigenvalue weighted by molar-refractivity contribution is 0.289. The van der Waals surface area contributed by atoms with E-state index in [-0.39, 0.29) is 0 Å². The summed E-state index contributed by atoms with van der Waals surface area (Å²) in [4.78, 5) is 5.02. The lowest BCUT2D eigenvalue weighted by Crippen LogP contribution is -2.12. The van der Waals surface area contributed by atoms with Crippen LogP contribution < -0.4 is 9.47 Å². The van der Waals surface area contributed by atoms with E-state index in [1.165, 1.54) is 17.5 Å². The molecule has 1 aliphatic rings. The third-order valence-electron chi connectivity index (χ3n) is 5.61. The van der Waals surface area contributed by atoms with E-state index < -0.39 is 0 Å². The Labute approximate surface area is 182 Å². The SMILES string of the molecule is Cc1cccc(OCC2=Nc3ccc(OCCC(C)C)cc3C(CC(C)C)CC2)c1. The van der Waals surface area contributed by atoms with Crippen LogP contribution in [0.4, 0.5) is 5.69 Å². The first-order chi connectivity index (χ1) is 14.4. The predicted molar refractivity (Wildman–Crippen MR) is 127 cm³/mol. The molecule has 3 nitrogen and oxygen atoms in total. The molecule has 162 valence electrons. The summed E-state index contributed by atoms with van der Waals surface area (Å²) in [5, 5.41) is 0. The van der Waals surface area contributed by atoms with Gasteiger partial charge in [0.25, 0.3) is 0 Å². The molecule has 1 heterocycles. The molecule has 0 bridgehead atoms. The van der Waals surface area contributed by atoms with E-state index in [9.17, 15) is 0 Å². The van der Waals surface area contributed by atoms with Crippen molar-refractivity contribution < 1.29 is 9.47 Å². The fraction of sp³-hybridized carbons (Fsp3) is 0.519. The van der Waals surface area contributed by atoms with Gasteiger partial charge < -0.3 is 9.47 Å². The summed E-state index contributed by atoms with van der Waals surface area (Å²) in [6, 6.07) is 14.6. The Kier molecular flexibility index (Phi) is 7.95. The van der Waals surface area contributed by atoms with E-state index >= 15 is 0 Å².